The highest BCUT2D eigenvalue weighted by Crippen LogP contribution is 2.34. The lowest BCUT2D eigenvalue weighted by Gasteiger charge is -2.36. The number of aromatic nitrogens is 1. The molecule has 4 nitrogen and oxygen atoms in total. The Kier molecular flexibility index (Phi) is 7.68. The molecule has 2 N–H and O–H groups in total. The Balaban J connectivity index is 1.81. The van der Waals surface area contributed by atoms with E-state index in [1.807, 2.05) is 30.3 Å². The number of urea groups is 1. The zero-order valence-electron chi connectivity index (χ0n) is 17.9. The Labute approximate surface area is 208 Å². The van der Waals surface area contributed by atoms with Gasteiger partial charge in [-0.1, -0.05) is 102 Å². The first kappa shape index (κ1) is 23.1. The van der Waals surface area contributed by atoms with Gasteiger partial charge in [-0.25, -0.2) is 4.79 Å². The highest BCUT2D eigenvalue weighted by Gasteiger charge is 2.38. The first-order chi connectivity index (χ1) is 15.6. The van der Waals surface area contributed by atoms with Gasteiger partial charge in [0.1, 0.15) is 5.54 Å². The lowest BCUT2D eigenvalue weighted by atomic mass is 9.80. The van der Waals surface area contributed by atoms with E-state index in [2.05, 4.69) is 74.6 Å². The van der Waals surface area contributed by atoms with Crippen molar-refractivity contribution in [2.75, 3.05) is 0 Å². The molecule has 166 valence electrons. The summed E-state index contributed by atoms with van der Waals surface area (Å²) in [6, 6.07) is 22.4. The predicted molar refractivity (Wildman–Crippen MR) is 138 cm³/mol. The van der Waals surface area contributed by atoms with Crippen LogP contribution in [-0.4, -0.2) is 17.1 Å². The number of alkyl halides is 1. The number of nitrogens with one attached hydrogen (secondary N) is 2. The normalized spacial score (nSPS) is 15.8. The van der Waals surface area contributed by atoms with E-state index in [4.69, 9.17) is 11.6 Å². The van der Waals surface area contributed by atoms with Gasteiger partial charge < -0.3 is 10.6 Å². The first-order valence-corrected chi connectivity index (χ1v) is 12.9. The average molecular weight is 560 g/mol. The Morgan fingerprint density at radius 1 is 1.03 bits per heavy atom. The van der Waals surface area contributed by atoms with Gasteiger partial charge in [0.15, 0.2) is 0 Å². The summed E-state index contributed by atoms with van der Waals surface area (Å²) in [4.78, 5) is 18.0. The van der Waals surface area contributed by atoms with E-state index in [-0.39, 0.29) is 12.1 Å². The molecule has 2 aromatic carbocycles. The SMILES string of the molecule is O=C(NC1CCCC1)NC(Cc1ccccc1)(c1cccc(CI)c1)c1ccc(Cl)cn1. The number of halogens is 2. The zero-order valence-corrected chi connectivity index (χ0v) is 20.8. The first-order valence-electron chi connectivity index (χ1n) is 11.0. The van der Waals surface area contributed by atoms with Crippen molar-refractivity contribution in [3.05, 3.63) is 100 Å². The molecule has 0 saturated heterocycles. The molecule has 0 bridgehead atoms. The number of benzene rings is 2. The van der Waals surface area contributed by atoms with Crippen LogP contribution in [0.25, 0.3) is 0 Å². The fraction of sp³-hybridized carbons (Fsp3) is 0.308. The van der Waals surface area contributed by atoms with Gasteiger partial charge in [-0.15, -0.1) is 0 Å². The number of carbonyl (C=O) groups excluding carboxylic acids is 1. The van der Waals surface area contributed by atoms with Crippen LogP contribution in [0.5, 0.6) is 0 Å². The molecule has 32 heavy (non-hydrogen) atoms. The van der Waals surface area contributed by atoms with Crippen LogP contribution in [-0.2, 0) is 16.4 Å². The quantitative estimate of drug-likeness (QED) is 0.260. The second-order valence-corrected chi connectivity index (χ2v) is 9.54. The summed E-state index contributed by atoms with van der Waals surface area (Å²) in [6.45, 7) is 0. The molecule has 1 aromatic heterocycles. The van der Waals surface area contributed by atoms with Gasteiger partial charge in [-0.05, 0) is 41.7 Å². The number of rotatable bonds is 7. The summed E-state index contributed by atoms with van der Waals surface area (Å²) in [5.41, 5.74) is 3.25. The van der Waals surface area contributed by atoms with Crippen LogP contribution >= 0.6 is 34.2 Å². The van der Waals surface area contributed by atoms with E-state index in [9.17, 15) is 4.79 Å². The fourth-order valence-corrected chi connectivity index (χ4v) is 5.04. The molecule has 1 fully saturated rings. The van der Waals surface area contributed by atoms with E-state index < -0.39 is 5.54 Å². The molecule has 6 heteroatoms. The molecule has 1 saturated carbocycles. The van der Waals surface area contributed by atoms with E-state index >= 15 is 0 Å². The molecule has 0 spiro atoms. The summed E-state index contributed by atoms with van der Waals surface area (Å²) in [6.07, 6.45) is 6.61. The van der Waals surface area contributed by atoms with Gasteiger partial charge in [0.05, 0.1) is 10.7 Å². The Hall–Kier alpha value is -2.12. The van der Waals surface area contributed by atoms with Crippen LogP contribution in [0, 0.1) is 0 Å². The standard InChI is InChI=1S/C26H27ClIN3O/c27-22-13-14-24(29-18-22)26(16-19-7-2-1-3-8-19,21-10-6-9-20(15-21)17-28)31-25(32)30-23-11-4-5-12-23/h1-3,6-10,13-15,18,23H,4-5,11-12,16-17H2,(H2,30,31,32). The average Bonchev–Trinajstić information content (AvgIpc) is 3.32. The van der Waals surface area contributed by atoms with Crippen molar-refractivity contribution in [2.24, 2.45) is 0 Å². The molecular formula is C26H27ClIN3O. The molecule has 0 aliphatic heterocycles. The maximum absolute atomic E-state index is 13.3. The lowest BCUT2D eigenvalue weighted by molar-refractivity contribution is 0.225. The molecule has 1 atom stereocenters. The van der Waals surface area contributed by atoms with E-state index in [0.717, 1.165) is 46.9 Å². The number of amides is 2. The number of nitrogens with zero attached hydrogens (tertiary/aromatic N) is 1. The molecule has 4 rings (SSSR count). The highest BCUT2D eigenvalue weighted by atomic mass is 127. The predicted octanol–water partition coefficient (Wildman–Crippen LogP) is 6.40. The van der Waals surface area contributed by atoms with Crippen molar-refractivity contribution in [2.45, 2.75) is 48.1 Å². The second kappa shape index (κ2) is 10.7. The highest BCUT2D eigenvalue weighted by molar-refractivity contribution is 14.1. The molecule has 1 heterocycles. The van der Waals surface area contributed by atoms with Crippen LogP contribution in [0.3, 0.4) is 0 Å². The summed E-state index contributed by atoms with van der Waals surface area (Å²) in [5.74, 6) is 0. The third kappa shape index (κ3) is 5.44. The van der Waals surface area contributed by atoms with Gasteiger partial charge in [0.25, 0.3) is 0 Å². The molecule has 3 aromatic rings. The Bertz CT molecular complexity index is 1040. The van der Waals surface area contributed by atoms with E-state index in [0.29, 0.717) is 11.4 Å². The van der Waals surface area contributed by atoms with E-state index in [1.54, 1.807) is 6.20 Å². The maximum atomic E-state index is 13.3. The number of hydrogen-bond donors (Lipinski definition) is 2. The molecular weight excluding hydrogens is 533 g/mol. The third-order valence-corrected chi connectivity index (χ3v) is 7.17. The monoisotopic (exact) mass is 559 g/mol. The number of pyridine rings is 1. The molecule has 1 aliphatic rings. The molecule has 2 amide bonds. The van der Waals surface area contributed by atoms with Crippen LogP contribution in [0.4, 0.5) is 4.79 Å². The minimum absolute atomic E-state index is 0.163. The van der Waals surface area contributed by atoms with E-state index in [1.165, 1.54) is 5.56 Å². The van der Waals surface area contributed by atoms with Crippen LogP contribution in [0.1, 0.15) is 48.1 Å². The number of carbonyl (C=O) groups is 1. The van der Waals surface area contributed by atoms with Gasteiger partial charge in [-0.3, -0.25) is 4.98 Å². The minimum Gasteiger partial charge on any atom is -0.335 e. The summed E-state index contributed by atoms with van der Waals surface area (Å²) < 4.78 is 0.884. The summed E-state index contributed by atoms with van der Waals surface area (Å²) >= 11 is 8.54. The number of hydrogen-bond acceptors (Lipinski definition) is 2. The van der Waals surface area contributed by atoms with Gasteiger partial charge >= 0.3 is 6.03 Å². The van der Waals surface area contributed by atoms with Crippen LogP contribution in [0.15, 0.2) is 72.9 Å². The zero-order chi connectivity index (χ0) is 22.4. The van der Waals surface area contributed by atoms with Crippen molar-refractivity contribution in [1.82, 2.24) is 15.6 Å². The Morgan fingerprint density at radius 3 is 2.47 bits per heavy atom. The summed E-state index contributed by atoms with van der Waals surface area (Å²) in [7, 11) is 0. The van der Waals surface area contributed by atoms with Gasteiger partial charge in [-0.2, -0.15) is 0 Å². The lowest BCUT2D eigenvalue weighted by Crippen LogP contribution is -2.54. The van der Waals surface area contributed by atoms with Crippen molar-refractivity contribution >= 4 is 40.2 Å². The van der Waals surface area contributed by atoms with Crippen LogP contribution < -0.4 is 10.6 Å². The molecule has 0 radical (unpaired) electrons. The minimum atomic E-state index is -0.837. The molecule has 1 unspecified atom stereocenters. The Morgan fingerprint density at radius 2 is 1.78 bits per heavy atom. The molecule has 1 aliphatic carbocycles. The van der Waals surface area contributed by atoms with Crippen molar-refractivity contribution in [3.63, 3.8) is 0 Å². The van der Waals surface area contributed by atoms with Gasteiger partial charge in [0, 0.05) is 23.1 Å². The maximum Gasteiger partial charge on any atom is 0.316 e. The van der Waals surface area contributed by atoms with Crippen molar-refractivity contribution < 1.29 is 4.79 Å². The van der Waals surface area contributed by atoms with Crippen molar-refractivity contribution in [1.29, 1.82) is 0 Å². The summed E-state index contributed by atoms with van der Waals surface area (Å²) in [5, 5.41) is 7.11. The smallest absolute Gasteiger partial charge is 0.316 e. The van der Waals surface area contributed by atoms with Crippen LogP contribution in [0.2, 0.25) is 5.02 Å². The topological polar surface area (TPSA) is 54.0 Å². The second-order valence-electron chi connectivity index (χ2n) is 8.34. The van der Waals surface area contributed by atoms with Crippen molar-refractivity contribution in [3.8, 4) is 0 Å². The largest absolute Gasteiger partial charge is 0.335 e. The van der Waals surface area contributed by atoms with Gasteiger partial charge in [0.2, 0.25) is 0 Å². The fourth-order valence-electron chi connectivity index (χ4n) is 4.46. The third-order valence-electron chi connectivity index (χ3n) is 6.07.